The monoisotopic (exact) mass is 417 g/mol. The van der Waals surface area contributed by atoms with E-state index >= 15 is 0 Å². The van der Waals surface area contributed by atoms with Gasteiger partial charge in [0.15, 0.2) is 5.69 Å². The summed E-state index contributed by atoms with van der Waals surface area (Å²) in [6.45, 7) is 3.28. The standard InChI is InChI=1S/C20H18F3N5O2/c21-20(22,23)17-16(30-19(27-17)13-4-2-1-3-5-13)18(29)26-14-6-7-15(25-12-14)28-10-8-24-9-11-28/h1-7,12,24H,8-11H2,(H,26,29). The Bertz CT molecular complexity index is 1010. The average molecular weight is 417 g/mol. The van der Waals surface area contributed by atoms with E-state index in [1.54, 1.807) is 42.5 Å². The van der Waals surface area contributed by atoms with Gasteiger partial charge in [-0.2, -0.15) is 13.2 Å². The van der Waals surface area contributed by atoms with Gasteiger partial charge in [0.25, 0.3) is 5.91 Å². The first-order valence-electron chi connectivity index (χ1n) is 9.28. The Labute approximate surface area is 169 Å². The first kappa shape index (κ1) is 19.9. The number of halogens is 3. The van der Waals surface area contributed by atoms with Crippen LogP contribution in [-0.2, 0) is 6.18 Å². The number of hydrogen-bond acceptors (Lipinski definition) is 6. The number of benzene rings is 1. The Hall–Kier alpha value is -3.40. The third-order valence-electron chi connectivity index (χ3n) is 4.57. The molecule has 30 heavy (non-hydrogen) atoms. The zero-order chi connectivity index (χ0) is 21.1. The van der Waals surface area contributed by atoms with Gasteiger partial charge in [0.2, 0.25) is 11.7 Å². The Kier molecular flexibility index (Phi) is 5.40. The van der Waals surface area contributed by atoms with Crippen LogP contribution in [0.5, 0.6) is 0 Å². The van der Waals surface area contributed by atoms with Crippen LogP contribution in [0.3, 0.4) is 0 Å². The van der Waals surface area contributed by atoms with Gasteiger partial charge >= 0.3 is 6.18 Å². The van der Waals surface area contributed by atoms with Crippen molar-refractivity contribution in [2.24, 2.45) is 0 Å². The highest BCUT2D eigenvalue weighted by Gasteiger charge is 2.41. The van der Waals surface area contributed by atoms with Crippen LogP contribution in [0, 0.1) is 0 Å². The number of oxazole rings is 1. The van der Waals surface area contributed by atoms with E-state index in [9.17, 15) is 18.0 Å². The van der Waals surface area contributed by atoms with E-state index in [1.807, 2.05) is 0 Å². The number of hydrogen-bond donors (Lipinski definition) is 2. The molecule has 7 nitrogen and oxygen atoms in total. The summed E-state index contributed by atoms with van der Waals surface area (Å²) < 4.78 is 45.4. The number of carbonyl (C=O) groups excluding carboxylic acids is 1. The van der Waals surface area contributed by atoms with E-state index in [0.29, 0.717) is 5.56 Å². The number of carbonyl (C=O) groups is 1. The minimum absolute atomic E-state index is 0.254. The van der Waals surface area contributed by atoms with Gasteiger partial charge in [-0.25, -0.2) is 9.97 Å². The number of amides is 1. The van der Waals surface area contributed by atoms with Gasteiger partial charge in [0, 0.05) is 31.7 Å². The molecule has 2 N–H and O–H groups in total. The maximum absolute atomic E-state index is 13.4. The topological polar surface area (TPSA) is 83.3 Å². The molecule has 1 amide bonds. The molecular weight excluding hydrogens is 399 g/mol. The summed E-state index contributed by atoms with van der Waals surface area (Å²) in [5.74, 6) is -1.49. The van der Waals surface area contributed by atoms with Gasteiger partial charge < -0.3 is 20.0 Å². The van der Waals surface area contributed by atoms with Crippen LogP contribution in [0.25, 0.3) is 11.5 Å². The fourth-order valence-electron chi connectivity index (χ4n) is 3.10. The third-order valence-corrected chi connectivity index (χ3v) is 4.57. The van der Waals surface area contributed by atoms with Crippen molar-refractivity contribution in [3.63, 3.8) is 0 Å². The normalized spacial score (nSPS) is 14.6. The van der Waals surface area contributed by atoms with Crippen molar-refractivity contribution in [1.29, 1.82) is 0 Å². The van der Waals surface area contributed by atoms with Crippen LogP contribution < -0.4 is 15.5 Å². The molecule has 0 saturated carbocycles. The number of anilines is 2. The molecular formula is C20H18F3N5O2. The fraction of sp³-hybridized carbons (Fsp3) is 0.250. The highest BCUT2D eigenvalue weighted by Crippen LogP contribution is 2.34. The number of pyridine rings is 1. The summed E-state index contributed by atoms with van der Waals surface area (Å²) in [5.41, 5.74) is -0.780. The summed E-state index contributed by atoms with van der Waals surface area (Å²) in [6, 6.07) is 11.4. The van der Waals surface area contributed by atoms with Crippen LogP contribution in [0.2, 0.25) is 0 Å². The first-order chi connectivity index (χ1) is 14.4. The number of piperazine rings is 1. The largest absolute Gasteiger partial charge is 0.437 e. The molecule has 3 heterocycles. The van der Waals surface area contributed by atoms with Gasteiger partial charge in [0.1, 0.15) is 5.82 Å². The second-order valence-electron chi connectivity index (χ2n) is 6.66. The molecule has 1 saturated heterocycles. The van der Waals surface area contributed by atoms with Crippen molar-refractivity contribution < 1.29 is 22.4 Å². The third kappa shape index (κ3) is 4.28. The van der Waals surface area contributed by atoms with Gasteiger partial charge in [-0.05, 0) is 24.3 Å². The smallest absolute Gasteiger partial charge is 0.430 e. The van der Waals surface area contributed by atoms with Crippen molar-refractivity contribution in [2.45, 2.75) is 6.18 Å². The van der Waals surface area contributed by atoms with Crippen LogP contribution in [0.15, 0.2) is 53.1 Å². The second kappa shape index (κ2) is 8.15. The summed E-state index contributed by atoms with van der Waals surface area (Å²) >= 11 is 0. The zero-order valence-corrected chi connectivity index (χ0v) is 15.7. The molecule has 0 unspecified atom stereocenters. The van der Waals surface area contributed by atoms with Crippen LogP contribution in [0.4, 0.5) is 24.7 Å². The van der Waals surface area contributed by atoms with E-state index < -0.39 is 23.5 Å². The molecule has 0 radical (unpaired) electrons. The van der Waals surface area contributed by atoms with Gasteiger partial charge in [0.05, 0.1) is 11.9 Å². The lowest BCUT2D eigenvalue weighted by Gasteiger charge is -2.28. The average Bonchev–Trinajstić information content (AvgIpc) is 3.22. The molecule has 1 aliphatic rings. The van der Waals surface area contributed by atoms with E-state index in [2.05, 4.69) is 25.5 Å². The molecule has 1 aliphatic heterocycles. The minimum atomic E-state index is -4.84. The summed E-state index contributed by atoms with van der Waals surface area (Å²) in [6.07, 6.45) is -3.44. The van der Waals surface area contributed by atoms with Crippen molar-refractivity contribution in [3.05, 3.63) is 60.1 Å². The summed E-state index contributed by atoms with van der Waals surface area (Å²) in [7, 11) is 0. The zero-order valence-electron chi connectivity index (χ0n) is 15.7. The Morgan fingerprint density at radius 1 is 1.10 bits per heavy atom. The molecule has 0 bridgehead atoms. The highest BCUT2D eigenvalue weighted by atomic mass is 19.4. The molecule has 2 aromatic heterocycles. The van der Waals surface area contributed by atoms with E-state index in [-0.39, 0.29) is 11.6 Å². The van der Waals surface area contributed by atoms with E-state index in [1.165, 1.54) is 6.20 Å². The maximum Gasteiger partial charge on any atom is 0.437 e. The van der Waals surface area contributed by atoms with Crippen molar-refractivity contribution in [2.75, 3.05) is 36.4 Å². The summed E-state index contributed by atoms with van der Waals surface area (Å²) in [5, 5.41) is 5.64. The maximum atomic E-state index is 13.4. The van der Waals surface area contributed by atoms with Crippen molar-refractivity contribution in [3.8, 4) is 11.5 Å². The van der Waals surface area contributed by atoms with Crippen LogP contribution in [-0.4, -0.2) is 42.1 Å². The van der Waals surface area contributed by atoms with E-state index in [4.69, 9.17) is 4.42 Å². The Morgan fingerprint density at radius 3 is 2.47 bits per heavy atom. The Balaban J connectivity index is 1.56. The predicted molar refractivity (Wildman–Crippen MR) is 104 cm³/mol. The Morgan fingerprint density at radius 2 is 1.83 bits per heavy atom. The lowest BCUT2D eigenvalue weighted by atomic mass is 10.2. The molecule has 0 spiro atoms. The van der Waals surface area contributed by atoms with Crippen LogP contribution >= 0.6 is 0 Å². The molecule has 10 heteroatoms. The number of nitrogens with one attached hydrogen (secondary N) is 2. The quantitative estimate of drug-likeness (QED) is 0.677. The van der Waals surface area contributed by atoms with Crippen molar-refractivity contribution >= 4 is 17.4 Å². The molecule has 3 aromatic rings. The number of aromatic nitrogens is 2. The summed E-state index contributed by atoms with van der Waals surface area (Å²) in [4.78, 5) is 22.4. The number of rotatable bonds is 4. The van der Waals surface area contributed by atoms with Crippen molar-refractivity contribution in [1.82, 2.24) is 15.3 Å². The SMILES string of the molecule is O=C(Nc1ccc(N2CCNCC2)nc1)c1oc(-c2ccccc2)nc1C(F)(F)F. The number of nitrogens with zero attached hydrogens (tertiary/aromatic N) is 3. The predicted octanol–water partition coefficient (Wildman–Crippen LogP) is 3.42. The van der Waals surface area contributed by atoms with Gasteiger partial charge in [-0.1, -0.05) is 18.2 Å². The van der Waals surface area contributed by atoms with Crippen LogP contribution in [0.1, 0.15) is 16.2 Å². The lowest BCUT2D eigenvalue weighted by molar-refractivity contribution is -0.141. The minimum Gasteiger partial charge on any atom is -0.430 e. The fourth-order valence-corrected chi connectivity index (χ4v) is 3.10. The van der Waals surface area contributed by atoms with E-state index in [0.717, 1.165) is 32.0 Å². The lowest BCUT2D eigenvalue weighted by Crippen LogP contribution is -2.43. The van der Waals surface area contributed by atoms with Gasteiger partial charge in [-0.15, -0.1) is 0 Å². The second-order valence-corrected chi connectivity index (χ2v) is 6.66. The highest BCUT2D eigenvalue weighted by molar-refractivity contribution is 6.03. The molecule has 0 atom stereocenters. The number of alkyl halides is 3. The molecule has 1 aromatic carbocycles. The first-order valence-corrected chi connectivity index (χ1v) is 9.28. The molecule has 156 valence electrons. The molecule has 0 aliphatic carbocycles. The molecule has 4 rings (SSSR count). The van der Waals surface area contributed by atoms with Gasteiger partial charge in [-0.3, -0.25) is 4.79 Å². The molecule has 1 fully saturated rings.